The third-order valence-corrected chi connectivity index (χ3v) is 10.3. The van der Waals surface area contributed by atoms with Crippen LogP contribution in [0, 0.1) is 6.92 Å². The molecule has 0 heterocycles. The second-order valence-corrected chi connectivity index (χ2v) is 14.3. The molecule has 0 aliphatic rings. The van der Waals surface area contributed by atoms with Crippen LogP contribution in [0.2, 0.25) is 13.1 Å². The van der Waals surface area contributed by atoms with E-state index in [1.165, 1.54) is 10.4 Å². The molecule has 0 unspecified atom stereocenters. The summed E-state index contributed by atoms with van der Waals surface area (Å²) < 4.78 is 27.9. The van der Waals surface area contributed by atoms with Crippen molar-refractivity contribution in [2.75, 3.05) is 6.54 Å². The first-order chi connectivity index (χ1) is 13.7. The summed E-state index contributed by atoms with van der Waals surface area (Å²) in [5.74, 6) is 0. The minimum atomic E-state index is -3.52. The van der Waals surface area contributed by atoms with Gasteiger partial charge in [-0.15, -0.1) is 5.73 Å². The Bertz CT molecular complexity index is 971. The van der Waals surface area contributed by atoms with Crippen molar-refractivity contribution in [3.05, 3.63) is 76.7 Å². The number of unbranched alkanes of at least 4 members (excludes halogenated alkanes) is 1. The molecule has 3 nitrogen and oxygen atoms in total. The molecule has 2 aromatic rings. The quantitative estimate of drug-likeness (QED) is 0.447. The monoisotopic (exact) mass is 427 g/mol. The van der Waals surface area contributed by atoms with Crippen molar-refractivity contribution >= 4 is 23.3 Å². The van der Waals surface area contributed by atoms with Gasteiger partial charge in [-0.1, -0.05) is 79.7 Å². The number of hydrogen-bond donors (Lipinski definition) is 1. The molecule has 0 bridgehead atoms. The molecule has 2 aromatic carbocycles. The molecule has 0 fully saturated rings. The zero-order valence-electron chi connectivity index (χ0n) is 18.2. The fraction of sp³-hybridized carbons (Fsp3) is 0.375. The molecule has 0 saturated carbocycles. The van der Waals surface area contributed by atoms with Gasteiger partial charge in [-0.05, 0) is 49.6 Å². The zero-order valence-corrected chi connectivity index (χ0v) is 20.1. The van der Waals surface area contributed by atoms with Crippen LogP contribution in [0.4, 0.5) is 0 Å². The van der Waals surface area contributed by atoms with Crippen molar-refractivity contribution < 1.29 is 8.42 Å². The largest absolute Gasteiger partial charge is 0.240 e. The van der Waals surface area contributed by atoms with Gasteiger partial charge in [0.15, 0.2) is 0 Å². The zero-order chi connectivity index (χ0) is 21.5. The van der Waals surface area contributed by atoms with Crippen molar-refractivity contribution in [1.82, 2.24) is 4.72 Å². The first kappa shape index (κ1) is 23.4. The van der Waals surface area contributed by atoms with E-state index in [1.54, 1.807) is 12.1 Å². The number of nitrogens with one attached hydrogen (secondary N) is 1. The average molecular weight is 428 g/mol. The first-order valence-corrected chi connectivity index (χ1v) is 14.7. The van der Waals surface area contributed by atoms with E-state index in [9.17, 15) is 8.42 Å². The van der Waals surface area contributed by atoms with Crippen LogP contribution < -0.4 is 9.91 Å². The topological polar surface area (TPSA) is 46.2 Å². The molecule has 0 aliphatic carbocycles. The molecule has 0 spiro atoms. The summed E-state index contributed by atoms with van der Waals surface area (Å²) >= 11 is 0. The van der Waals surface area contributed by atoms with Gasteiger partial charge in [-0.2, -0.15) is 0 Å². The molecule has 5 heteroatoms. The fourth-order valence-electron chi connectivity index (χ4n) is 3.22. The Labute approximate surface area is 177 Å². The van der Waals surface area contributed by atoms with Gasteiger partial charge in [-0.25, -0.2) is 13.1 Å². The molecule has 0 atom stereocenters. The Morgan fingerprint density at radius 2 is 1.66 bits per heavy atom. The number of benzene rings is 2. The van der Waals surface area contributed by atoms with Gasteiger partial charge in [0.25, 0.3) is 0 Å². The number of sulfonamides is 1. The van der Waals surface area contributed by atoms with E-state index in [1.807, 2.05) is 32.0 Å². The molecule has 156 valence electrons. The van der Waals surface area contributed by atoms with Crippen LogP contribution in [0.15, 0.2) is 76.0 Å². The van der Waals surface area contributed by atoms with Gasteiger partial charge in [0.05, 0.1) is 4.90 Å². The lowest BCUT2D eigenvalue weighted by Gasteiger charge is -2.25. The van der Waals surface area contributed by atoms with Gasteiger partial charge >= 0.3 is 0 Å². The average Bonchev–Trinajstić information content (AvgIpc) is 2.70. The number of rotatable bonds is 9. The minimum Gasteiger partial charge on any atom is -0.207 e. The molecular formula is C24H33NO2SSi. The summed E-state index contributed by atoms with van der Waals surface area (Å²) in [5.41, 5.74) is 5.55. The summed E-state index contributed by atoms with van der Waals surface area (Å²) in [7, 11) is -5.37. The Hall–Kier alpha value is -1.91. The fourth-order valence-corrected chi connectivity index (χ4v) is 6.99. The molecule has 2 rings (SSSR count). The van der Waals surface area contributed by atoms with E-state index in [0.29, 0.717) is 4.90 Å². The maximum atomic E-state index is 12.6. The smallest absolute Gasteiger partial charge is 0.207 e. The van der Waals surface area contributed by atoms with E-state index < -0.39 is 18.1 Å². The van der Waals surface area contributed by atoms with E-state index in [2.05, 4.69) is 54.7 Å². The lowest BCUT2D eigenvalue weighted by atomic mass is 10.2. The predicted molar refractivity (Wildman–Crippen MR) is 126 cm³/mol. The number of aryl methyl sites for hydroxylation is 1. The maximum absolute atomic E-state index is 12.6. The normalized spacial score (nSPS) is 11.8. The van der Waals surface area contributed by atoms with Gasteiger partial charge in [0.1, 0.15) is 8.07 Å². The first-order valence-electron chi connectivity index (χ1n) is 10.2. The van der Waals surface area contributed by atoms with Gasteiger partial charge in [-0.3, -0.25) is 0 Å². The highest BCUT2D eigenvalue weighted by Gasteiger charge is 2.28. The third kappa shape index (κ3) is 6.55. The van der Waals surface area contributed by atoms with Crippen LogP contribution >= 0.6 is 0 Å². The van der Waals surface area contributed by atoms with Crippen LogP contribution in [0.5, 0.6) is 0 Å². The van der Waals surface area contributed by atoms with Crippen molar-refractivity contribution in [3.63, 3.8) is 0 Å². The van der Waals surface area contributed by atoms with Crippen molar-refractivity contribution in [3.8, 4) is 0 Å². The second kappa shape index (κ2) is 10.2. The highest BCUT2D eigenvalue weighted by molar-refractivity contribution is 7.89. The highest BCUT2D eigenvalue weighted by Crippen LogP contribution is 2.21. The van der Waals surface area contributed by atoms with E-state index in [-0.39, 0.29) is 6.54 Å². The Balaban J connectivity index is 2.29. The maximum Gasteiger partial charge on any atom is 0.240 e. The number of hydrogen-bond acceptors (Lipinski definition) is 2. The van der Waals surface area contributed by atoms with Gasteiger partial charge < -0.3 is 0 Å². The summed E-state index contributed by atoms with van der Waals surface area (Å²) in [6, 6.07) is 17.5. The van der Waals surface area contributed by atoms with Crippen molar-refractivity contribution in [2.24, 2.45) is 0 Å². The van der Waals surface area contributed by atoms with Crippen LogP contribution in [0.25, 0.3) is 0 Å². The van der Waals surface area contributed by atoms with Crippen LogP contribution in [-0.4, -0.2) is 23.0 Å². The molecule has 0 aliphatic heterocycles. The highest BCUT2D eigenvalue weighted by atomic mass is 32.2. The Kier molecular flexibility index (Phi) is 8.23. The summed E-state index contributed by atoms with van der Waals surface area (Å²) in [6.45, 7) is 11.1. The molecule has 0 amide bonds. The van der Waals surface area contributed by atoms with E-state index in [4.69, 9.17) is 0 Å². The summed E-state index contributed by atoms with van der Waals surface area (Å²) in [6.07, 6.45) is 3.25. The lowest BCUT2D eigenvalue weighted by molar-refractivity contribution is 0.584. The standard InChI is InChI=1S/C24H33NO2SSi/c1-6-7-11-24(29(4,5)23-12-9-8-10-13-23)18-21(3)19-25-28(26,27)22-16-14-20(2)15-17-22/h8-10,12-17,25H,6-7,11,19H2,1-5H3. The second-order valence-electron chi connectivity index (χ2n) is 8.12. The Morgan fingerprint density at radius 3 is 2.24 bits per heavy atom. The predicted octanol–water partition coefficient (Wildman–Crippen LogP) is 5.09. The van der Waals surface area contributed by atoms with E-state index >= 15 is 0 Å². The molecule has 1 N–H and O–H groups in total. The molecule has 0 aromatic heterocycles. The van der Waals surface area contributed by atoms with Gasteiger partial charge in [0.2, 0.25) is 10.0 Å². The molecule has 0 saturated heterocycles. The van der Waals surface area contributed by atoms with Crippen LogP contribution in [0.3, 0.4) is 0 Å². The molecule has 29 heavy (non-hydrogen) atoms. The minimum absolute atomic E-state index is 0.269. The lowest BCUT2D eigenvalue weighted by Crippen LogP contribution is -2.43. The third-order valence-electron chi connectivity index (χ3n) is 5.25. The van der Waals surface area contributed by atoms with Crippen molar-refractivity contribution in [1.29, 1.82) is 0 Å². The molecule has 0 radical (unpaired) electrons. The molecular weight excluding hydrogens is 394 g/mol. The van der Waals surface area contributed by atoms with E-state index in [0.717, 1.165) is 30.4 Å². The van der Waals surface area contributed by atoms with Crippen molar-refractivity contribution in [2.45, 2.75) is 58.0 Å². The van der Waals surface area contributed by atoms with Crippen LogP contribution in [-0.2, 0) is 10.0 Å². The van der Waals surface area contributed by atoms with Gasteiger partial charge in [0, 0.05) is 6.54 Å². The summed E-state index contributed by atoms with van der Waals surface area (Å²) in [5, 5.41) is 2.73. The SMILES string of the molecule is CCCCC(=C=C(C)CNS(=O)(=O)c1ccc(C)cc1)[Si](C)(C)c1ccccc1. The van der Waals surface area contributed by atoms with Crippen LogP contribution in [0.1, 0.15) is 38.7 Å². The Morgan fingerprint density at radius 1 is 1.03 bits per heavy atom. The summed E-state index contributed by atoms with van der Waals surface area (Å²) in [4.78, 5) is 0.296.